The summed E-state index contributed by atoms with van der Waals surface area (Å²) in [5.41, 5.74) is 1.91. The lowest BCUT2D eigenvalue weighted by molar-refractivity contribution is 0.309. The summed E-state index contributed by atoms with van der Waals surface area (Å²) in [6.45, 7) is 3.26. The average molecular weight is 315 g/mol. The molecule has 0 unspecified atom stereocenters. The zero-order valence-corrected chi connectivity index (χ0v) is 14.5. The van der Waals surface area contributed by atoms with Gasteiger partial charge in [0, 0.05) is 26.7 Å². The molecule has 1 spiro atoms. The Balaban J connectivity index is 1.48. The number of nitrogens with zero attached hydrogens (tertiary/aromatic N) is 2. The van der Waals surface area contributed by atoms with E-state index in [0.717, 1.165) is 31.2 Å². The summed E-state index contributed by atoms with van der Waals surface area (Å²) >= 11 is 0. The topological polar surface area (TPSA) is 36.9 Å². The van der Waals surface area contributed by atoms with Crippen LogP contribution in [-0.4, -0.2) is 44.7 Å². The second kappa shape index (κ2) is 7.24. The van der Waals surface area contributed by atoms with Crippen molar-refractivity contribution in [3.8, 4) is 5.75 Å². The van der Waals surface area contributed by atoms with E-state index < -0.39 is 0 Å². The van der Waals surface area contributed by atoms with Crippen molar-refractivity contribution in [1.29, 1.82) is 0 Å². The lowest BCUT2D eigenvalue weighted by atomic mass is 9.86. The number of nitrogens with one attached hydrogen (secondary N) is 1. The number of methoxy groups -OCH3 is 1. The maximum atomic E-state index is 5.20. The Hall–Kier alpha value is -1.71. The van der Waals surface area contributed by atoms with Crippen molar-refractivity contribution in [3.63, 3.8) is 0 Å². The van der Waals surface area contributed by atoms with Crippen LogP contribution in [0.2, 0.25) is 0 Å². The fourth-order valence-electron chi connectivity index (χ4n) is 4.09. The number of hydrogen-bond acceptors (Lipinski definition) is 2. The lowest BCUT2D eigenvalue weighted by Crippen LogP contribution is -2.41. The molecule has 23 heavy (non-hydrogen) atoms. The maximum Gasteiger partial charge on any atom is 0.193 e. The van der Waals surface area contributed by atoms with Gasteiger partial charge in [-0.15, -0.1) is 0 Å². The first-order valence-electron chi connectivity index (χ1n) is 8.83. The largest absolute Gasteiger partial charge is 0.497 e. The van der Waals surface area contributed by atoms with Gasteiger partial charge >= 0.3 is 0 Å². The highest BCUT2D eigenvalue weighted by Crippen LogP contribution is 2.45. The zero-order valence-electron chi connectivity index (χ0n) is 14.5. The van der Waals surface area contributed by atoms with Gasteiger partial charge in [0.1, 0.15) is 5.75 Å². The van der Waals surface area contributed by atoms with Crippen molar-refractivity contribution in [1.82, 2.24) is 10.2 Å². The fraction of sp³-hybridized carbons (Fsp3) is 0.632. The Morgan fingerprint density at radius 1 is 1.22 bits per heavy atom. The van der Waals surface area contributed by atoms with Gasteiger partial charge < -0.3 is 15.0 Å². The third-order valence-electron chi connectivity index (χ3n) is 5.47. The van der Waals surface area contributed by atoms with E-state index in [0.29, 0.717) is 5.41 Å². The van der Waals surface area contributed by atoms with Crippen LogP contribution in [-0.2, 0) is 6.42 Å². The van der Waals surface area contributed by atoms with Crippen LogP contribution in [0.3, 0.4) is 0 Å². The smallest absolute Gasteiger partial charge is 0.193 e. The van der Waals surface area contributed by atoms with Crippen molar-refractivity contribution in [2.24, 2.45) is 10.4 Å². The van der Waals surface area contributed by atoms with Gasteiger partial charge in [0.15, 0.2) is 5.96 Å². The molecule has 0 aromatic heterocycles. The van der Waals surface area contributed by atoms with E-state index >= 15 is 0 Å². The van der Waals surface area contributed by atoms with Crippen LogP contribution in [0.5, 0.6) is 5.75 Å². The number of guanidine groups is 1. The molecular formula is C19H29N3O. The van der Waals surface area contributed by atoms with E-state index in [1.807, 2.05) is 19.2 Å². The van der Waals surface area contributed by atoms with Crippen LogP contribution in [0.4, 0.5) is 0 Å². The van der Waals surface area contributed by atoms with Crippen LogP contribution in [0, 0.1) is 5.41 Å². The minimum atomic E-state index is 0.591. The number of rotatable bonds is 4. The van der Waals surface area contributed by atoms with E-state index in [1.165, 1.54) is 44.2 Å². The molecule has 126 valence electrons. The third kappa shape index (κ3) is 3.80. The Bertz CT molecular complexity index is 532. The summed E-state index contributed by atoms with van der Waals surface area (Å²) in [6, 6.07) is 8.31. The van der Waals surface area contributed by atoms with Crippen LogP contribution in [0.25, 0.3) is 0 Å². The molecular weight excluding hydrogens is 286 g/mol. The third-order valence-corrected chi connectivity index (χ3v) is 5.47. The van der Waals surface area contributed by atoms with Crippen molar-refractivity contribution in [3.05, 3.63) is 29.8 Å². The molecule has 4 nitrogen and oxygen atoms in total. The van der Waals surface area contributed by atoms with Gasteiger partial charge in [-0.3, -0.25) is 4.99 Å². The molecule has 4 heteroatoms. The molecule has 1 aliphatic carbocycles. The normalized spacial score (nSPS) is 20.3. The van der Waals surface area contributed by atoms with Crippen molar-refractivity contribution >= 4 is 5.96 Å². The Morgan fingerprint density at radius 2 is 1.96 bits per heavy atom. The molecule has 0 amide bonds. The molecule has 1 aliphatic heterocycles. The second-order valence-corrected chi connectivity index (χ2v) is 6.95. The first kappa shape index (κ1) is 16.2. The van der Waals surface area contributed by atoms with Gasteiger partial charge in [-0.25, -0.2) is 0 Å². The van der Waals surface area contributed by atoms with Crippen molar-refractivity contribution in [2.75, 3.05) is 33.8 Å². The molecule has 1 saturated carbocycles. The quantitative estimate of drug-likeness (QED) is 0.685. The molecule has 2 fully saturated rings. The summed E-state index contributed by atoms with van der Waals surface area (Å²) in [7, 11) is 3.60. The second-order valence-electron chi connectivity index (χ2n) is 6.95. The molecule has 0 atom stereocenters. The first-order chi connectivity index (χ1) is 11.2. The Morgan fingerprint density at radius 3 is 2.61 bits per heavy atom. The first-order valence-corrected chi connectivity index (χ1v) is 8.83. The number of ether oxygens (including phenoxy) is 1. The van der Waals surface area contributed by atoms with Crippen LogP contribution in [0.1, 0.15) is 37.7 Å². The predicted molar refractivity (Wildman–Crippen MR) is 95.2 cm³/mol. The minimum absolute atomic E-state index is 0.591. The highest BCUT2D eigenvalue weighted by molar-refractivity contribution is 5.80. The highest BCUT2D eigenvalue weighted by Gasteiger charge is 2.40. The maximum absolute atomic E-state index is 5.20. The van der Waals surface area contributed by atoms with E-state index in [1.54, 1.807) is 7.11 Å². The molecule has 1 aromatic rings. The van der Waals surface area contributed by atoms with E-state index in [2.05, 4.69) is 27.3 Å². The monoisotopic (exact) mass is 315 g/mol. The van der Waals surface area contributed by atoms with Crippen LogP contribution in [0.15, 0.2) is 29.3 Å². The Kier molecular flexibility index (Phi) is 5.09. The summed E-state index contributed by atoms with van der Waals surface area (Å²) < 4.78 is 5.20. The van der Waals surface area contributed by atoms with Crippen molar-refractivity contribution in [2.45, 2.75) is 38.5 Å². The van der Waals surface area contributed by atoms with E-state index in [9.17, 15) is 0 Å². The summed E-state index contributed by atoms with van der Waals surface area (Å²) in [5, 5.41) is 3.54. The lowest BCUT2D eigenvalue weighted by Gasteiger charge is -2.26. The summed E-state index contributed by atoms with van der Waals surface area (Å²) in [6.07, 6.45) is 7.99. The van der Waals surface area contributed by atoms with Crippen LogP contribution >= 0.6 is 0 Å². The summed E-state index contributed by atoms with van der Waals surface area (Å²) in [4.78, 5) is 6.95. The zero-order chi connectivity index (χ0) is 16.1. The number of benzene rings is 1. The molecule has 1 saturated heterocycles. The van der Waals surface area contributed by atoms with Gasteiger partial charge in [-0.05, 0) is 48.8 Å². The molecule has 0 radical (unpaired) electrons. The average Bonchev–Trinajstić information content (AvgIpc) is 3.22. The summed E-state index contributed by atoms with van der Waals surface area (Å²) in [5.74, 6) is 1.98. The standard InChI is InChI=1S/C19H29N3O/c1-20-18(22-14-12-19(15-22)10-3-4-11-19)21-13-9-16-5-7-17(23-2)8-6-16/h5-8H,3-4,9-15H2,1-2H3,(H,20,21). The molecule has 1 aromatic carbocycles. The molecule has 2 aliphatic rings. The highest BCUT2D eigenvalue weighted by atomic mass is 16.5. The van der Waals surface area contributed by atoms with Crippen LogP contribution < -0.4 is 10.1 Å². The van der Waals surface area contributed by atoms with Gasteiger partial charge in [-0.1, -0.05) is 25.0 Å². The van der Waals surface area contributed by atoms with Gasteiger partial charge in [0.05, 0.1) is 7.11 Å². The minimum Gasteiger partial charge on any atom is -0.497 e. The van der Waals surface area contributed by atoms with E-state index in [4.69, 9.17) is 4.74 Å². The molecule has 1 N–H and O–H groups in total. The van der Waals surface area contributed by atoms with Gasteiger partial charge in [0.25, 0.3) is 0 Å². The molecule has 0 bridgehead atoms. The SMILES string of the molecule is CN=C(NCCc1ccc(OC)cc1)N1CCC2(CCCC2)C1. The molecule has 3 rings (SSSR count). The number of hydrogen-bond donors (Lipinski definition) is 1. The number of likely N-dealkylation sites (tertiary alicyclic amines) is 1. The Labute approximate surface area is 139 Å². The molecule has 1 heterocycles. The fourth-order valence-corrected chi connectivity index (χ4v) is 4.09. The predicted octanol–water partition coefficient (Wildman–Crippen LogP) is 3.08. The van der Waals surface area contributed by atoms with Gasteiger partial charge in [0.2, 0.25) is 0 Å². The van der Waals surface area contributed by atoms with E-state index in [-0.39, 0.29) is 0 Å². The van der Waals surface area contributed by atoms with Crippen molar-refractivity contribution < 1.29 is 4.74 Å². The van der Waals surface area contributed by atoms with Gasteiger partial charge in [-0.2, -0.15) is 0 Å². The number of aliphatic imine (C=N–C) groups is 1.